The first-order valence-corrected chi connectivity index (χ1v) is 9.66. The van der Waals surface area contributed by atoms with Crippen LogP contribution in [0.3, 0.4) is 0 Å². The number of esters is 3. The van der Waals surface area contributed by atoms with Crippen LogP contribution in [-0.2, 0) is 39.8 Å². The molecule has 29 heavy (non-hydrogen) atoms. The van der Waals surface area contributed by atoms with Crippen LogP contribution in [0.25, 0.3) is 0 Å². The lowest BCUT2D eigenvalue weighted by molar-refractivity contribution is -0.216. The fraction of sp³-hybridized carbons (Fsp3) is 0.571. The van der Waals surface area contributed by atoms with Crippen molar-refractivity contribution in [1.82, 2.24) is 0 Å². The molecular formula is C21H28O8. The van der Waals surface area contributed by atoms with Crippen LogP contribution < -0.4 is 0 Å². The van der Waals surface area contributed by atoms with E-state index in [0.29, 0.717) is 5.56 Å². The van der Waals surface area contributed by atoms with Gasteiger partial charge in [0.2, 0.25) is 0 Å². The summed E-state index contributed by atoms with van der Waals surface area (Å²) >= 11 is 0. The molecule has 1 aliphatic heterocycles. The van der Waals surface area contributed by atoms with Crippen molar-refractivity contribution in [2.24, 2.45) is 0 Å². The van der Waals surface area contributed by atoms with Crippen molar-refractivity contribution in [1.29, 1.82) is 0 Å². The van der Waals surface area contributed by atoms with Gasteiger partial charge in [0.1, 0.15) is 24.6 Å². The van der Waals surface area contributed by atoms with Crippen LogP contribution in [0.5, 0.6) is 5.75 Å². The third kappa shape index (κ3) is 6.45. The van der Waals surface area contributed by atoms with Crippen LogP contribution in [0, 0.1) is 0 Å². The van der Waals surface area contributed by atoms with Crippen LogP contribution in [0.4, 0.5) is 0 Å². The smallest absolute Gasteiger partial charge is 0.303 e. The highest BCUT2D eigenvalue weighted by Gasteiger charge is 2.44. The van der Waals surface area contributed by atoms with E-state index >= 15 is 0 Å². The summed E-state index contributed by atoms with van der Waals surface area (Å²) in [6.07, 6.45) is -1.29. The number of benzene rings is 1. The van der Waals surface area contributed by atoms with Gasteiger partial charge in [0, 0.05) is 32.8 Å². The Kier molecular flexibility index (Phi) is 8.01. The SMILES string of the molecule is CCCc1ccc([C@H]2C[C@@H](OC(C)=O)[C@H](OC(C)=O)[C@@H](COC(C)=O)O2)c(O)c1. The summed E-state index contributed by atoms with van der Waals surface area (Å²) in [7, 11) is 0. The predicted molar refractivity (Wildman–Crippen MR) is 102 cm³/mol. The van der Waals surface area contributed by atoms with Crippen LogP contribution in [0.1, 0.15) is 57.8 Å². The Labute approximate surface area is 170 Å². The molecule has 0 unspecified atom stereocenters. The molecule has 1 heterocycles. The number of aryl methyl sites for hydroxylation is 1. The van der Waals surface area contributed by atoms with Gasteiger partial charge in [-0.3, -0.25) is 14.4 Å². The summed E-state index contributed by atoms with van der Waals surface area (Å²) in [5.41, 5.74) is 1.52. The molecule has 0 spiro atoms. The summed E-state index contributed by atoms with van der Waals surface area (Å²) in [4.78, 5) is 34.4. The molecule has 8 nitrogen and oxygen atoms in total. The van der Waals surface area contributed by atoms with Gasteiger partial charge in [0.05, 0.1) is 6.10 Å². The Bertz CT molecular complexity index is 744. The molecule has 1 aromatic carbocycles. The normalized spacial score (nSPS) is 23.9. The number of aromatic hydroxyl groups is 1. The first-order valence-electron chi connectivity index (χ1n) is 9.66. The maximum Gasteiger partial charge on any atom is 0.303 e. The maximum atomic E-state index is 11.6. The van der Waals surface area contributed by atoms with Crippen LogP contribution >= 0.6 is 0 Å². The fourth-order valence-electron chi connectivity index (χ4n) is 3.44. The highest BCUT2D eigenvalue weighted by molar-refractivity contribution is 5.67. The minimum Gasteiger partial charge on any atom is -0.508 e. The van der Waals surface area contributed by atoms with Gasteiger partial charge >= 0.3 is 17.9 Å². The van der Waals surface area contributed by atoms with E-state index in [2.05, 4.69) is 0 Å². The number of hydrogen-bond donors (Lipinski definition) is 1. The Morgan fingerprint density at radius 3 is 2.34 bits per heavy atom. The van der Waals surface area contributed by atoms with Crippen molar-refractivity contribution in [3.63, 3.8) is 0 Å². The second-order valence-corrected chi connectivity index (χ2v) is 7.07. The van der Waals surface area contributed by atoms with Crippen molar-refractivity contribution in [3.8, 4) is 5.75 Å². The summed E-state index contributed by atoms with van der Waals surface area (Å²) < 4.78 is 21.8. The first-order chi connectivity index (χ1) is 13.7. The minimum absolute atomic E-state index is 0.0692. The molecule has 0 aromatic heterocycles. The van der Waals surface area contributed by atoms with Crippen LogP contribution in [0.15, 0.2) is 18.2 Å². The summed E-state index contributed by atoms with van der Waals surface area (Å²) in [5, 5.41) is 10.5. The van der Waals surface area contributed by atoms with E-state index in [0.717, 1.165) is 18.4 Å². The number of ether oxygens (including phenoxy) is 4. The van der Waals surface area contributed by atoms with Crippen molar-refractivity contribution in [2.75, 3.05) is 6.61 Å². The Morgan fingerprint density at radius 1 is 1.10 bits per heavy atom. The molecule has 1 aliphatic rings. The minimum atomic E-state index is -0.937. The highest BCUT2D eigenvalue weighted by Crippen LogP contribution is 2.38. The van der Waals surface area contributed by atoms with Gasteiger partial charge in [0.25, 0.3) is 0 Å². The lowest BCUT2D eigenvalue weighted by Gasteiger charge is -2.40. The second kappa shape index (κ2) is 10.2. The van der Waals surface area contributed by atoms with Crippen molar-refractivity contribution >= 4 is 17.9 Å². The molecule has 0 amide bonds. The summed E-state index contributed by atoms with van der Waals surface area (Å²) in [6.45, 7) is 5.61. The number of phenolic OH excluding ortho intramolecular Hbond substituents is 1. The number of hydrogen-bond acceptors (Lipinski definition) is 8. The lowest BCUT2D eigenvalue weighted by Crippen LogP contribution is -2.51. The molecule has 0 radical (unpaired) electrons. The number of rotatable bonds is 7. The average Bonchev–Trinajstić information content (AvgIpc) is 2.61. The zero-order chi connectivity index (χ0) is 21.6. The van der Waals surface area contributed by atoms with E-state index < -0.39 is 42.3 Å². The molecule has 0 saturated carbocycles. The summed E-state index contributed by atoms with van der Waals surface area (Å²) in [6, 6.07) is 5.36. The second-order valence-electron chi connectivity index (χ2n) is 7.07. The molecule has 0 bridgehead atoms. The molecule has 1 fully saturated rings. The molecule has 160 valence electrons. The largest absolute Gasteiger partial charge is 0.508 e. The predicted octanol–water partition coefficient (Wildman–Crippen LogP) is 2.60. The summed E-state index contributed by atoms with van der Waals surface area (Å²) in [5.74, 6) is -1.57. The zero-order valence-corrected chi connectivity index (χ0v) is 17.2. The van der Waals surface area contributed by atoms with E-state index in [1.807, 2.05) is 13.0 Å². The molecular weight excluding hydrogens is 380 g/mol. The maximum absolute atomic E-state index is 11.6. The molecule has 1 N–H and O–H groups in total. The van der Waals surface area contributed by atoms with Gasteiger partial charge in [-0.25, -0.2) is 0 Å². The van der Waals surface area contributed by atoms with E-state index in [4.69, 9.17) is 18.9 Å². The molecule has 8 heteroatoms. The van der Waals surface area contributed by atoms with Crippen LogP contribution in [0.2, 0.25) is 0 Å². The Hall–Kier alpha value is -2.61. The highest BCUT2D eigenvalue weighted by atomic mass is 16.6. The van der Waals surface area contributed by atoms with Crippen molar-refractivity contribution < 1.29 is 38.4 Å². The van der Waals surface area contributed by atoms with Gasteiger partial charge in [-0.15, -0.1) is 0 Å². The van der Waals surface area contributed by atoms with E-state index in [9.17, 15) is 19.5 Å². The molecule has 2 rings (SSSR count). The standard InChI is InChI=1S/C21H28O8/c1-5-6-15-7-8-16(17(25)9-15)18-10-19(27-13(3)23)21(28-14(4)24)20(29-18)11-26-12(2)22/h7-9,18-21,25H,5-6,10-11H2,1-4H3/t18-,19-,20-,21+/m1/s1. The van der Waals surface area contributed by atoms with Crippen LogP contribution in [-0.4, -0.2) is 47.9 Å². The number of phenols is 1. The van der Waals surface area contributed by atoms with Crippen molar-refractivity contribution in [2.45, 2.75) is 71.4 Å². The fourth-order valence-corrected chi connectivity index (χ4v) is 3.44. The molecule has 1 aromatic rings. The third-order valence-electron chi connectivity index (χ3n) is 4.57. The van der Waals surface area contributed by atoms with Gasteiger partial charge < -0.3 is 24.1 Å². The molecule has 0 aliphatic carbocycles. The number of carbonyl (C=O) groups excluding carboxylic acids is 3. The Morgan fingerprint density at radius 2 is 1.79 bits per heavy atom. The Balaban J connectivity index is 2.33. The average molecular weight is 408 g/mol. The third-order valence-corrected chi connectivity index (χ3v) is 4.57. The quantitative estimate of drug-likeness (QED) is 0.542. The first kappa shape index (κ1) is 22.7. The lowest BCUT2D eigenvalue weighted by atomic mass is 9.92. The van der Waals surface area contributed by atoms with Gasteiger partial charge in [-0.05, 0) is 18.1 Å². The van der Waals surface area contributed by atoms with Gasteiger partial charge in [-0.1, -0.05) is 25.5 Å². The van der Waals surface area contributed by atoms with E-state index in [-0.39, 0.29) is 18.8 Å². The number of carbonyl (C=O) groups is 3. The zero-order valence-electron chi connectivity index (χ0n) is 17.2. The van der Waals surface area contributed by atoms with Crippen molar-refractivity contribution in [3.05, 3.63) is 29.3 Å². The monoisotopic (exact) mass is 408 g/mol. The topological polar surface area (TPSA) is 108 Å². The van der Waals surface area contributed by atoms with E-state index in [1.54, 1.807) is 12.1 Å². The molecule has 1 saturated heterocycles. The molecule has 4 atom stereocenters. The van der Waals surface area contributed by atoms with Gasteiger partial charge in [0.15, 0.2) is 6.10 Å². The van der Waals surface area contributed by atoms with E-state index in [1.165, 1.54) is 20.8 Å². The van der Waals surface area contributed by atoms with Gasteiger partial charge in [-0.2, -0.15) is 0 Å².